The van der Waals surface area contributed by atoms with Crippen molar-refractivity contribution in [1.29, 1.82) is 0 Å². The van der Waals surface area contributed by atoms with Gasteiger partial charge in [0.15, 0.2) is 0 Å². The van der Waals surface area contributed by atoms with Crippen LogP contribution in [-0.4, -0.2) is 49.0 Å². The smallest absolute Gasteiger partial charge is 0.475 e. The zero-order chi connectivity index (χ0) is 24.8. The first kappa shape index (κ1) is 26.0. The summed E-state index contributed by atoms with van der Waals surface area (Å²) in [5.41, 5.74) is -0.354. The zero-order valence-electron chi connectivity index (χ0n) is 17.3. The van der Waals surface area contributed by atoms with Crippen molar-refractivity contribution >= 4 is 29.8 Å². The number of hydrogen-bond donors (Lipinski definition) is 0. The van der Waals surface area contributed by atoms with Crippen LogP contribution in [0.15, 0.2) is 17.7 Å². The minimum absolute atomic E-state index is 0.0743. The summed E-state index contributed by atoms with van der Waals surface area (Å²) in [6.07, 6.45) is -8.97. The summed E-state index contributed by atoms with van der Waals surface area (Å²) in [4.78, 5) is 38.1. The second kappa shape index (κ2) is 11.1. The van der Waals surface area contributed by atoms with E-state index < -0.39 is 41.4 Å². The van der Waals surface area contributed by atoms with E-state index >= 15 is 0 Å². The molecule has 2 unspecified atom stereocenters. The Kier molecular flexibility index (Phi) is 8.74. The van der Waals surface area contributed by atoms with Crippen LogP contribution < -0.4 is 4.74 Å². The summed E-state index contributed by atoms with van der Waals surface area (Å²) in [5.74, 6) is -1.49. The monoisotopic (exact) mass is 497 g/mol. The number of halogens is 4. The number of carbonyl (C=O) groups excluding carboxylic acids is 2. The van der Waals surface area contributed by atoms with E-state index in [2.05, 4.69) is 14.3 Å². The standard InChI is InChI=1S/C19H19ClF3NO9/c1-10-7-13(20)8-12-9-14(16(19(21,22)23)33-15(10)12)17(25)31-11(2)32-18(26)29-5-3-4-6-30-24(27)28/h7-9,11,16H,3-6H2,1-2H3. The van der Waals surface area contributed by atoms with Crippen LogP contribution in [0.25, 0.3) is 6.08 Å². The third-order valence-electron chi connectivity index (χ3n) is 4.12. The third kappa shape index (κ3) is 7.70. The Morgan fingerprint density at radius 3 is 2.55 bits per heavy atom. The molecule has 0 aliphatic carbocycles. The van der Waals surface area contributed by atoms with Gasteiger partial charge in [-0.2, -0.15) is 13.2 Å². The number of rotatable bonds is 9. The highest BCUT2D eigenvalue weighted by atomic mass is 35.5. The van der Waals surface area contributed by atoms with Gasteiger partial charge in [0.05, 0.1) is 18.8 Å². The summed E-state index contributed by atoms with van der Waals surface area (Å²) < 4.78 is 59.8. The van der Waals surface area contributed by atoms with Crippen LogP contribution in [0.4, 0.5) is 18.0 Å². The van der Waals surface area contributed by atoms with Crippen LogP contribution in [-0.2, 0) is 23.8 Å². The maximum absolute atomic E-state index is 13.5. The summed E-state index contributed by atoms with van der Waals surface area (Å²) in [5, 5.41) is 9.25. The fourth-order valence-corrected chi connectivity index (χ4v) is 3.05. The average Bonchev–Trinajstić information content (AvgIpc) is 2.68. The van der Waals surface area contributed by atoms with Crippen molar-refractivity contribution < 1.29 is 51.6 Å². The minimum atomic E-state index is -4.93. The molecule has 0 amide bonds. The van der Waals surface area contributed by atoms with Crippen LogP contribution in [0.2, 0.25) is 5.02 Å². The van der Waals surface area contributed by atoms with E-state index in [4.69, 9.17) is 21.1 Å². The van der Waals surface area contributed by atoms with Gasteiger partial charge in [-0.15, -0.1) is 10.1 Å². The minimum Gasteiger partial charge on any atom is -0.475 e. The fraction of sp³-hybridized carbons (Fsp3) is 0.474. The quantitative estimate of drug-likeness (QED) is 0.161. The number of hydrogen-bond acceptors (Lipinski definition) is 9. The van der Waals surface area contributed by atoms with Crippen molar-refractivity contribution in [3.05, 3.63) is 44.0 Å². The maximum atomic E-state index is 13.5. The highest BCUT2D eigenvalue weighted by Gasteiger charge is 2.49. The van der Waals surface area contributed by atoms with Crippen LogP contribution >= 0.6 is 11.6 Å². The lowest BCUT2D eigenvalue weighted by atomic mass is 9.99. The molecule has 0 bridgehead atoms. The molecular weight excluding hydrogens is 479 g/mol. The van der Waals surface area contributed by atoms with Gasteiger partial charge < -0.3 is 23.8 Å². The van der Waals surface area contributed by atoms with Gasteiger partial charge in [0.1, 0.15) is 5.75 Å². The first-order valence-electron chi connectivity index (χ1n) is 9.45. The van der Waals surface area contributed by atoms with Gasteiger partial charge in [0.2, 0.25) is 12.4 Å². The number of benzene rings is 1. The molecule has 33 heavy (non-hydrogen) atoms. The van der Waals surface area contributed by atoms with Gasteiger partial charge in [-0.05, 0) is 43.5 Å². The van der Waals surface area contributed by atoms with Gasteiger partial charge in [0.25, 0.3) is 5.09 Å². The van der Waals surface area contributed by atoms with Crippen molar-refractivity contribution in [3.63, 3.8) is 0 Å². The van der Waals surface area contributed by atoms with E-state index in [-0.39, 0.29) is 42.4 Å². The second-order valence-corrected chi connectivity index (χ2v) is 7.17. The molecule has 1 aromatic rings. The number of nitrogens with zero attached hydrogens (tertiary/aromatic N) is 1. The normalized spacial score (nSPS) is 15.9. The number of alkyl halides is 3. The lowest BCUT2D eigenvalue weighted by Gasteiger charge is -2.29. The molecule has 1 aliphatic heterocycles. The second-order valence-electron chi connectivity index (χ2n) is 6.73. The highest BCUT2D eigenvalue weighted by Crippen LogP contribution is 2.40. The highest BCUT2D eigenvalue weighted by molar-refractivity contribution is 6.30. The molecule has 0 N–H and O–H groups in total. The Bertz CT molecular complexity index is 936. The van der Waals surface area contributed by atoms with E-state index in [0.717, 1.165) is 13.0 Å². The van der Waals surface area contributed by atoms with Gasteiger partial charge in [0, 0.05) is 17.5 Å². The fourth-order valence-electron chi connectivity index (χ4n) is 2.77. The van der Waals surface area contributed by atoms with Crippen molar-refractivity contribution in [2.45, 2.75) is 45.3 Å². The molecule has 10 nitrogen and oxygen atoms in total. The molecule has 0 saturated carbocycles. The molecule has 0 fully saturated rings. The van der Waals surface area contributed by atoms with Crippen molar-refractivity contribution in [1.82, 2.24) is 0 Å². The molecule has 182 valence electrons. The van der Waals surface area contributed by atoms with Gasteiger partial charge >= 0.3 is 18.3 Å². The molecule has 0 saturated heterocycles. The number of aryl methyl sites for hydroxylation is 1. The predicted molar refractivity (Wildman–Crippen MR) is 105 cm³/mol. The van der Waals surface area contributed by atoms with Gasteiger partial charge in [-0.3, -0.25) is 0 Å². The SMILES string of the molecule is Cc1cc(Cl)cc2c1OC(C(F)(F)F)C(C(=O)OC(C)OC(=O)OCCCCO[N+](=O)[O-])=C2. The molecular formula is C19H19ClF3NO9. The Hall–Kier alpha value is -3.22. The molecule has 2 atom stereocenters. The van der Waals surface area contributed by atoms with E-state index in [1.807, 2.05) is 0 Å². The van der Waals surface area contributed by atoms with Crippen LogP contribution in [0.5, 0.6) is 5.75 Å². The first-order chi connectivity index (χ1) is 15.4. The molecule has 1 aromatic carbocycles. The van der Waals surface area contributed by atoms with Crippen molar-refractivity contribution in [3.8, 4) is 5.75 Å². The number of unbranched alkanes of at least 4 members (excludes halogenated alkanes) is 1. The molecule has 0 radical (unpaired) electrons. The lowest BCUT2D eigenvalue weighted by Crippen LogP contribution is -2.41. The van der Waals surface area contributed by atoms with Crippen LogP contribution in [0, 0.1) is 17.0 Å². The summed E-state index contributed by atoms with van der Waals surface area (Å²) in [7, 11) is 0. The number of esters is 1. The number of ether oxygens (including phenoxy) is 4. The summed E-state index contributed by atoms with van der Waals surface area (Å²) in [6.45, 7) is 2.25. The maximum Gasteiger partial charge on any atom is 0.511 e. The Labute approximate surface area is 190 Å². The Morgan fingerprint density at radius 2 is 1.91 bits per heavy atom. The summed E-state index contributed by atoms with van der Waals surface area (Å²) in [6, 6.07) is 2.75. The number of carbonyl (C=O) groups is 2. The molecule has 1 aliphatic rings. The number of fused-ring (bicyclic) bond motifs is 1. The third-order valence-corrected chi connectivity index (χ3v) is 4.34. The predicted octanol–water partition coefficient (Wildman–Crippen LogP) is 4.39. The van der Waals surface area contributed by atoms with Gasteiger partial charge in [-0.1, -0.05) is 11.6 Å². The van der Waals surface area contributed by atoms with Crippen molar-refractivity contribution in [2.75, 3.05) is 13.2 Å². The largest absolute Gasteiger partial charge is 0.511 e. The molecule has 0 aromatic heterocycles. The first-order valence-corrected chi connectivity index (χ1v) is 9.83. The van der Waals surface area contributed by atoms with Crippen molar-refractivity contribution in [2.24, 2.45) is 0 Å². The van der Waals surface area contributed by atoms with E-state index in [9.17, 15) is 32.9 Å². The zero-order valence-corrected chi connectivity index (χ0v) is 18.1. The average molecular weight is 498 g/mol. The van der Waals surface area contributed by atoms with Gasteiger partial charge in [-0.25, -0.2) is 9.59 Å². The van der Waals surface area contributed by atoms with Crippen LogP contribution in [0.3, 0.4) is 0 Å². The molecule has 2 rings (SSSR count). The van der Waals surface area contributed by atoms with Crippen LogP contribution in [0.1, 0.15) is 30.9 Å². The topological polar surface area (TPSA) is 123 Å². The van der Waals surface area contributed by atoms with E-state index in [1.54, 1.807) is 0 Å². The Morgan fingerprint density at radius 1 is 1.24 bits per heavy atom. The summed E-state index contributed by atoms with van der Waals surface area (Å²) >= 11 is 5.93. The molecule has 0 spiro atoms. The molecule has 14 heteroatoms. The van der Waals surface area contributed by atoms with E-state index in [0.29, 0.717) is 5.56 Å². The molecule has 1 heterocycles. The lowest BCUT2D eigenvalue weighted by molar-refractivity contribution is -0.757. The van der Waals surface area contributed by atoms with E-state index in [1.165, 1.54) is 19.1 Å². The Balaban J connectivity index is 1.98.